The summed E-state index contributed by atoms with van der Waals surface area (Å²) in [6, 6.07) is 8.39. The lowest BCUT2D eigenvalue weighted by molar-refractivity contribution is 0.159. The minimum absolute atomic E-state index is 0.168. The Hall–Kier alpha value is -1.43. The Bertz CT molecular complexity index is 566. The summed E-state index contributed by atoms with van der Waals surface area (Å²) >= 11 is 0. The first-order valence-corrected chi connectivity index (χ1v) is 7.73. The largest absolute Gasteiger partial charge is 0.395 e. The van der Waals surface area contributed by atoms with Crippen molar-refractivity contribution in [2.24, 2.45) is 5.73 Å². The van der Waals surface area contributed by atoms with Crippen LogP contribution in [0.2, 0.25) is 0 Å². The third kappa shape index (κ3) is 3.43. The quantitative estimate of drug-likeness (QED) is 0.777. The van der Waals surface area contributed by atoms with Crippen LogP contribution in [0.15, 0.2) is 24.3 Å². The van der Waals surface area contributed by atoms with Crippen molar-refractivity contribution in [2.75, 3.05) is 26.2 Å². The Kier molecular flexibility index (Phi) is 5.73. The van der Waals surface area contributed by atoms with E-state index < -0.39 is 0 Å². The fourth-order valence-corrected chi connectivity index (χ4v) is 2.81. The summed E-state index contributed by atoms with van der Waals surface area (Å²) in [5, 5.41) is 9.23. The Morgan fingerprint density at radius 3 is 2.81 bits per heavy atom. The summed E-state index contributed by atoms with van der Waals surface area (Å²) in [6.07, 6.45) is 0.937. The number of imidazole rings is 1. The van der Waals surface area contributed by atoms with Gasteiger partial charge in [-0.05, 0) is 38.6 Å². The van der Waals surface area contributed by atoms with Crippen molar-refractivity contribution in [1.29, 1.82) is 0 Å². The molecule has 0 radical (unpaired) electrons. The van der Waals surface area contributed by atoms with Gasteiger partial charge in [0, 0.05) is 13.1 Å². The van der Waals surface area contributed by atoms with Crippen LogP contribution < -0.4 is 5.73 Å². The van der Waals surface area contributed by atoms with Crippen LogP contribution in [0.1, 0.15) is 32.1 Å². The number of aliphatic hydroxyl groups is 1. The Labute approximate surface area is 126 Å². The second kappa shape index (κ2) is 7.54. The monoisotopic (exact) mass is 290 g/mol. The predicted molar refractivity (Wildman–Crippen MR) is 86.2 cm³/mol. The summed E-state index contributed by atoms with van der Waals surface area (Å²) in [5.41, 5.74) is 7.86. The number of nitrogens with two attached hydrogens (primary N) is 1. The van der Waals surface area contributed by atoms with Crippen molar-refractivity contribution in [3.05, 3.63) is 30.1 Å². The first kappa shape index (κ1) is 15.9. The molecule has 0 fully saturated rings. The van der Waals surface area contributed by atoms with Gasteiger partial charge in [-0.3, -0.25) is 4.90 Å². The lowest BCUT2D eigenvalue weighted by Gasteiger charge is -2.27. The minimum atomic E-state index is 0.168. The number of hydrogen-bond acceptors (Lipinski definition) is 4. The standard InChI is InChI=1S/C16H26N4O/c1-3-19(11-12-21)13(2)16-18-14-7-4-5-8-15(14)20(16)10-6-9-17/h4-5,7-8,13,21H,3,6,9-12,17H2,1-2H3. The number of likely N-dealkylation sites (N-methyl/N-ethyl adjacent to an activating group) is 1. The van der Waals surface area contributed by atoms with Gasteiger partial charge >= 0.3 is 0 Å². The van der Waals surface area contributed by atoms with E-state index in [1.807, 2.05) is 18.2 Å². The molecule has 116 valence electrons. The van der Waals surface area contributed by atoms with E-state index in [1.165, 1.54) is 0 Å². The molecule has 21 heavy (non-hydrogen) atoms. The molecule has 1 heterocycles. The zero-order valence-electron chi connectivity index (χ0n) is 13.0. The first-order valence-electron chi connectivity index (χ1n) is 7.73. The molecular weight excluding hydrogens is 264 g/mol. The minimum Gasteiger partial charge on any atom is -0.395 e. The molecule has 3 N–H and O–H groups in total. The summed E-state index contributed by atoms with van der Waals surface area (Å²) in [6.45, 7) is 7.54. The second-order valence-electron chi connectivity index (χ2n) is 5.28. The number of benzene rings is 1. The molecule has 0 aliphatic carbocycles. The van der Waals surface area contributed by atoms with Crippen molar-refractivity contribution >= 4 is 11.0 Å². The van der Waals surface area contributed by atoms with E-state index in [2.05, 4.69) is 29.4 Å². The maximum atomic E-state index is 9.23. The highest BCUT2D eigenvalue weighted by Gasteiger charge is 2.20. The molecule has 5 heteroatoms. The fraction of sp³-hybridized carbons (Fsp3) is 0.562. The normalized spacial score (nSPS) is 13.2. The Morgan fingerprint density at radius 1 is 1.38 bits per heavy atom. The van der Waals surface area contributed by atoms with Gasteiger partial charge in [-0.15, -0.1) is 0 Å². The molecule has 5 nitrogen and oxygen atoms in total. The number of aromatic nitrogens is 2. The molecule has 0 saturated heterocycles. The molecule has 1 atom stereocenters. The maximum absolute atomic E-state index is 9.23. The van der Waals surface area contributed by atoms with Crippen LogP contribution in [0.25, 0.3) is 11.0 Å². The van der Waals surface area contributed by atoms with Gasteiger partial charge in [0.2, 0.25) is 0 Å². The molecule has 0 bridgehead atoms. The topological polar surface area (TPSA) is 67.3 Å². The zero-order valence-corrected chi connectivity index (χ0v) is 13.0. The number of rotatable bonds is 8. The lowest BCUT2D eigenvalue weighted by Crippen LogP contribution is -2.31. The van der Waals surface area contributed by atoms with Gasteiger partial charge in [0.25, 0.3) is 0 Å². The van der Waals surface area contributed by atoms with E-state index in [1.54, 1.807) is 0 Å². The van der Waals surface area contributed by atoms with Crippen molar-refractivity contribution in [3.8, 4) is 0 Å². The van der Waals surface area contributed by atoms with E-state index in [4.69, 9.17) is 10.7 Å². The molecule has 0 amide bonds. The average molecular weight is 290 g/mol. The molecule has 2 rings (SSSR count). The van der Waals surface area contributed by atoms with Crippen LogP contribution in [-0.2, 0) is 6.54 Å². The van der Waals surface area contributed by atoms with E-state index >= 15 is 0 Å². The van der Waals surface area contributed by atoms with Crippen LogP contribution in [0, 0.1) is 0 Å². The maximum Gasteiger partial charge on any atom is 0.127 e. The molecule has 0 aliphatic heterocycles. The van der Waals surface area contributed by atoms with Gasteiger partial charge in [-0.25, -0.2) is 4.98 Å². The molecule has 1 aromatic heterocycles. The Morgan fingerprint density at radius 2 is 2.14 bits per heavy atom. The number of aliphatic hydroxyl groups excluding tert-OH is 1. The molecule has 1 aromatic carbocycles. The molecule has 0 aliphatic rings. The summed E-state index contributed by atoms with van der Waals surface area (Å²) < 4.78 is 2.27. The zero-order chi connectivity index (χ0) is 15.2. The predicted octanol–water partition coefficient (Wildman–Crippen LogP) is 1.76. The van der Waals surface area contributed by atoms with Crippen molar-refractivity contribution in [2.45, 2.75) is 32.9 Å². The highest BCUT2D eigenvalue weighted by Crippen LogP contribution is 2.24. The molecule has 0 saturated carbocycles. The first-order chi connectivity index (χ1) is 10.2. The molecule has 1 unspecified atom stereocenters. The van der Waals surface area contributed by atoms with Gasteiger partial charge in [-0.1, -0.05) is 19.1 Å². The molecular formula is C16H26N4O. The molecule has 2 aromatic rings. The smallest absolute Gasteiger partial charge is 0.127 e. The number of para-hydroxylation sites is 2. The van der Waals surface area contributed by atoms with Crippen molar-refractivity contribution in [1.82, 2.24) is 14.5 Å². The van der Waals surface area contributed by atoms with Crippen LogP contribution in [0.3, 0.4) is 0 Å². The average Bonchev–Trinajstić information content (AvgIpc) is 2.88. The van der Waals surface area contributed by atoms with Crippen LogP contribution in [0.4, 0.5) is 0 Å². The number of aryl methyl sites for hydroxylation is 1. The lowest BCUT2D eigenvalue weighted by atomic mass is 10.2. The van der Waals surface area contributed by atoms with Gasteiger partial charge in [0.1, 0.15) is 5.82 Å². The summed E-state index contributed by atoms with van der Waals surface area (Å²) in [7, 11) is 0. The number of fused-ring (bicyclic) bond motifs is 1. The SMILES string of the molecule is CCN(CCO)C(C)c1nc2ccccc2n1CCCN. The van der Waals surface area contributed by atoms with E-state index in [0.29, 0.717) is 13.1 Å². The van der Waals surface area contributed by atoms with Crippen molar-refractivity contribution in [3.63, 3.8) is 0 Å². The van der Waals surface area contributed by atoms with Crippen LogP contribution in [0.5, 0.6) is 0 Å². The molecule has 0 spiro atoms. The highest BCUT2D eigenvalue weighted by atomic mass is 16.3. The highest BCUT2D eigenvalue weighted by molar-refractivity contribution is 5.76. The van der Waals surface area contributed by atoms with Crippen molar-refractivity contribution < 1.29 is 5.11 Å². The number of nitrogens with zero attached hydrogens (tertiary/aromatic N) is 3. The summed E-state index contributed by atoms with van der Waals surface area (Å²) in [4.78, 5) is 7.05. The Balaban J connectivity index is 2.40. The van der Waals surface area contributed by atoms with Crippen LogP contribution in [-0.4, -0.2) is 45.8 Å². The van der Waals surface area contributed by atoms with E-state index in [9.17, 15) is 5.11 Å². The third-order valence-electron chi connectivity index (χ3n) is 3.98. The van der Waals surface area contributed by atoms with Gasteiger partial charge in [0.05, 0.1) is 23.7 Å². The second-order valence-corrected chi connectivity index (χ2v) is 5.28. The van der Waals surface area contributed by atoms with E-state index in [0.717, 1.165) is 36.4 Å². The van der Waals surface area contributed by atoms with E-state index in [-0.39, 0.29) is 12.6 Å². The number of hydrogen-bond donors (Lipinski definition) is 2. The van der Waals surface area contributed by atoms with Gasteiger partial charge < -0.3 is 15.4 Å². The summed E-state index contributed by atoms with van der Waals surface area (Å²) in [5.74, 6) is 1.06. The van der Waals surface area contributed by atoms with Gasteiger partial charge in [-0.2, -0.15) is 0 Å². The fourth-order valence-electron chi connectivity index (χ4n) is 2.81. The van der Waals surface area contributed by atoms with Gasteiger partial charge in [0.15, 0.2) is 0 Å². The van der Waals surface area contributed by atoms with Crippen LogP contribution >= 0.6 is 0 Å². The third-order valence-corrected chi connectivity index (χ3v) is 3.98.